The molecule has 2 aromatic rings. The second-order valence-corrected chi connectivity index (χ2v) is 6.57. The molecule has 6 nitrogen and oxygen atoms in total. The molecule has 0 radical (unpaired) electrons. The fourth-order valence-corrected chi connectivity index (χ4v) is 3.68. The summed E-state index contributed by atoms with van der Waals surface area (Å²) in [6.45, 7) is 0. The Kier molecular flexibility index (Phi) is 4.55. The fraction of sp³-hybridized carbons (Fsp3) is 0.125. The summed E-state index contributed by atoms with van der Waals surface area (Å²) in [7, 11) is 0. The molecular formula is C16H10ClN2O4S-. The number of amides is 2. The molecule has 0 N–H and O–H groups in total. The number of anilines is 1. The van der Waals surface area contributed by atoms with Gasteiger partial charge in [-0.1, -0.05) is 35.5 Å². The average Bonchev–Trinajstić information content (AvgIpc) is 2.82. The van der Waals surface area contributed by atoms with Crippen molar-refractivity contribution in [3.63, 3.8) is 0 Å². The predicted octanol–water partition coefficient (Wildman–Crippen LogP) is 1.52. The molecule has 0 saturated carbocycles. The van der Waals surface area contributed by atoms with Crippen LogP contribution in [0, 0.1) is 0 Å². The molecule has 8 heteroatoms. The smallest absolute Gasteiger partial charge is 0.247 e. The number of aromatic carboxylic acids is 1. The summed E-state index contributed by atoms with van der Waals surface area (Å²) in [5, 5.41) is 10.8. The Labute approximate surface area is 146 Å². The molecule has 1 unspecified atom stereocenters. The normalized spacial score (nSPS) is 17.4. The average molecular weight is 362 g/mol. The maximum atomic E-state index is 12.6. The summed E-state index contributed by atoms with van der Waals surface area (Å²) in [5.74, 6) is -2.23. The third-order valence-electron chi connectivity index (χ3n) is 3.44. The van der Waals surface area contributed by atoms with E-state index in [9.17, 15) is 19.5 Å². The first-order chi connectivity index (χ1) is 11.5. The van der Waals surface area contributed by atoms with E-state index in [1.165, 1.54) is 18.3 Å². The number of para-hydroxylation sites is 1. The minimum absolute atomic E-state index is 0.0578. The van der Waals surface area contributed by atoms with Crippen molar-refractivity contribution < 1.29 is 19.5 Å². The van der Waals surface area contributed by atoms with E-state index in [0.29, 0.717) is 5.69 Å². The van der Waals surface area contributed by atoms with Gasteiger partial charge in [0.05, 0.1) is 21.9 Å². The van der Waals surface area contributed by atoms with Crippen LogP contribution in [0.1, 0.15) is 16.8 Å². The van der Waals surface area contributed by atoms with Crippen molar-refractivity contribution in [2.45, 2.75) is 16.7 Å². The summed E-state index contributed by atoms with van der Waals surface area (Å²) in [6.07, 6.45) is 1.36. The Hall–Kier alpha value is -2.38. The second-order valence-electron chi connectivity index (χ2n) is 4.97. The molecule has 0 bridgehead atoms. The number of hydrogen-bond donors (Lipinski definition) is 0. The highest BCUT2D eigenvalue weighted by Gasteiger charge is 2.41. The number of imide groups is 1. The number of carbonyl (C=O) groups is 3. The van der Waals surface area contributed by atoms with Crippen molar-refractivity contribution in [3.05, 3.63) is 53.2 Å². The van der Waals surface area contributed by atoms with E-state index in [1.807, 2.05) is 0 Å². The minimum Gasteiger partial charge on any atom is -0.545 e. The van der Waals surface area contributed by atoms with Gasteiger partial charge >= 0.3 is 0 Å². The second kappa shape index (κ2) is 6.62. The van der Waals surface area contributed by atoms with Gasteiger partial charge in [0.15, 0.2) is 0 Å². The number of halogens is 1. The molecule has 1 atom stereocenters. The first-order valence-corrected chi connectivity index (χ1v) is 8.19. The molecule has 2 heterocycles. The van der Waals surface area contributed by atoms with Crippen LogP contribution in [0.25, 0.3) is 0 Å². The highest BCUT2D eigenvalue weighted by molar-refractivity contribution is 8.00. The SMILES string of the molecule is O=C([O-])c1cccnc1SC1CC(=O)N(c2ccccc2Cl)C1=O. The lowest BCUT2D eigenvalue weighted by Crippen LogP contribution is -2.31. The molecule has 1 aromatic heterocycles. The minimum atomic E-state index is -1.38. The summed E-state index contributed by atoms with van der Waals surface area (Å²) >= 11 is 6.99. The van der Waals surface area contributed by atoms with Crippen LogP contribution in [0.15, 0.2) is 47.6 Å². The highest BCUT2D eigenvalue weighted by atomic mass is 35.5. The van der Waals surface area contributed by atoms with Crippen LogP contribution < -0.4 is 10.0 Å². The number of pyridine rings is 1. The standard InChI is InChI=1S/C16H11ClN2O4S/c17-10-5-1-2-6-11(10)19-13(20)8-12(15(19)21)24-14-9(16(22)23)4-3-7-18-14/h1-7,12H,8H2,(H,22,23)/p-1. The van der Waals surface area contributed by atoms with Crippen LogP contribution in [0.3, 0.4) is 0 Å². The molecule has 1 saturated heterocycles. The van der Waals surface area contributed by atoms with E-state index >= 15 is 0 Å². The molecule has 1 aliphatic heterocycles. The maximum absolute atomic E-state index is 12.6. The molecule has 3 rings (SSSR count). The van der Waals surface area contributed by atoms with Gasteiger partial charge in [0.2, 0.25) is 11.8 Å². The van der Waals surface area contributed by atoms with Gasteiger partial charge in [-0.2, -0.15) is 0 Å². The third-order valence-corrected chi connectivity index (χ3v) is 4.96. The van der Waals surface area contributed by atoms with Gasteiger partial charge < -0.3 is 9.90 Å². The van der Waals surface area contributed by atoms with Crippen molar-refractivity contribution >= 4 is 46.8 Å². The maximum Gasteiger partial charge on any atom is 0.247 e. The summed E-state index contributed by atoms with van der Waals surface area (Å²) in [6, 6.07) is 9.35. The topological polar surface area (TPSA) is 90.4 Å². The van der Waals surface area contributed by atoms with Gasteiger partial charge in [0.25, 0.3) is 0 Å². The Morgan fingerprint density at radius 2 is 2.00 bits per heavy atom. The van der Waals surface area contributed by atoms with Crippen molar-refractivity contribution in [1.82, 2.24) is 4.98 Å². The highest BCUT2D eigenvalue weighted by Crippen LogP contribution is 2.36. The largest absolute Gasteiger partial charge is 0.545 e. The number of benzene rings is 1. The lowest BCUT2D eigenvalue weighted by Gasteiger charge is -2.16. The van der Waals surface area contributed by atoms with Crippen molar-refractivity contribution in [3.8, 4) is 0 Å². The lowest BCUT2D eigenvalue weighted by atomic mass is 10.3. The number of carbonyl (C=O) groups excluding carboxylic acids is 3. The monoisotopic (exact) mass is 361 g/mol. The molecule has 0 spiro atoms. The van der Waals surface area contributed by atoms with Crippen molar-refractivity contribution in [1.29, 1.82) is 0 Å². The first-order valence-electron chi connectivity index (χ1n) is 6.93. The van der Waals surface area contributed by atoms with E-state index in [-0.39, 0.29) is 22.0 Å². The van der Waals surface area contributed by atoms with Gasteiger partial charge in [-0.15, -0.1) is 0 Å². The number of hydrogen-bond acceptors (Lipinski definition) is 6. The number of aromatic nitrogens is 1. The molecule has 1 aliphatic rings. The fourth-order valence-electron chi connectivity index (χ4n) is 2.36. The van der Waals surface area contributed by atoms with E-state index in [1.54, 1.807) is 24.3 Å². The van der Waals surface area contributed by atoms with Crippen LogP contribution >= 0.6 is 23.4 Å². The van der Waals surface area contributed by atoms with E-state index in [0.717, 1.165) is 16.7 Å². The lowest BCUT2D eigenvalue weighted by molar-refractivity contribution is -0.255. The Morgan fingerprint density at radius 3 is 2.71 bits per heavy atom. The van der Waals surface area contributed by atoms with Gasteiger partial charge in [-0.05, 0) is 24.3 Å². The number of nitrogens with zero attached hydrogens (tertiary/aromatic N) is 2. The number of rotatable bonds is 4. The Morgan fingerprint density at radius 1 is 1.25 bits per heavy atom. The predicted molar refractivity (Wildman–Crippen MR) is 86.8 cm³/mol. The van der Waals surface area contributed by atoms with Crippen molar-refractivity contribution in [2.24, 2.45) is 0 Å². The molecule has 0 aliphatic carbocycles. The summed E-state index contributed by atoms with van der Waals surface area (Å²) in [4.78, 5) is 41.0. The summed E-state index contributed by atoms with van der Waals surface area (Å²) in [5.41, 5.74) is 0.206. The van der Waals surface area contributed by atoms with Gasteiger partial charge in [0, 0.05) is 18.2 Å². The van der Waals surface area contributed by atoms with E-state index < -0.39 is 23.0 Å². The molecule has 2 amide bonds. The molecular weight excluding hydrogens is 352 g/mol. The van der Waals surface area contributed by atoms with Gasteiger partial charge in [-0.25, -0.2) is 9.88 Å². The zero-order valence-corrected chi connectivity index (χ0v) is 13.7. The van der Waals surface area contributed by atoms with Crippen LogP contribution in [0.5, 0.6) is 0 Å². The third kappa shape index (κ3) is 3.00. The van der Waals surface area contributed by atoms with Gasteiger partial charge in [-0.3, -0.25) is 9.59 Å². The quantitative estimate of drug-likeness (QED) is 0.767. The molecule has 1 aromatic carbocycles. The van der Waals surface area contributed by atoms with Gasteiger partial charge in [0.1, 0.15) is 5.03 Å². The Balaban J connectivity index is 1.88. The molecule has 122 valence electrons. The number of carboxylic acids is 1. The van der Waals surface area contributed by atoms with Crippen LogP contribution in [0.4, 0.5) is 5.69 Å². The zero-order chi connectivity index (χ0) is 17.3. The first kappa shape index (κ1) is 16.5. The Bertz CT molecular complexity index is 842. The summed E-state index contributed by atoms with van der Waals surface area (Å²) < 4.78 is 0. The number of thioether (sulfide) groups is 1. The van der Waals surface area contributed by atoms with E-state index in [4.69, 9.17) is 11.6 Å². The van der Waals surface area contributed by atoms with Crippen molar-refractivity contribution in [2.75, 3.05) is 4.90 Å². The molecule has 24 heavy (non-hydrogen) atoms. The number of carboxylic acid groups (broad SMARTS) is 1. The zero-order valence-electron chi connectivity index (χ0n) is 12.1. The van der Waals surface area contributed by atoms with E-state index in [2.05, 4.69) is 4.98 Å². The van der Waals surface area contributed by atoms with Crippen LogP contribution in [0.2, 0.25) is 5.02 Å². The van der Waals surface area contributed by atoms with Crippen LogP contribution in [-0.4, -0.2) is 28.0 Å². The molecule has 1 fully saturated rings. The van der Waals surface area contributed by atoms with Crippen LogP contribution in [-0.2, 0) is 9.59 Å².